The van der Waals surface area contributed by atoms with Crippen LogP contribution in [0.15, 0.2) is 0 Å². The van der Waals surface area contributed by atoms with Crippen molar-refractivity contribution in [2.24, 2.45) is 5.73 Å². The maximum absolute atomic E-state index is 12.7. The van der Waals surface area contributed by atoms with Gasteiger partial charge < -0.3 is 15.8 Å². The van der Waals surface area contributed by atoms with Crippen LogP contribution in [0.25, 0.3) is 0 Å². The molecule has 0 aromatic heterocycles. The number of nitrogens with one attached hydrogen (secondary N) is 1. The standard InChI is InChI=1S/C8H9F7N2O3/c1-3(4(16)18)20-5(19)17-2-6(9,10)7(11,12)8(13,14)15/h3H,2H2,1H3,(H2,16,18)(H,17,19)/t3-/m0/s1. The molecule has 0 rings (SSSR count). The van der Waals surface area contributed by atoms with Gasteiger partial charge in [0.25, 0.3) is 5.91 Å². The first-order chi connectivity index (χ1) is 8.72. The summed E-state index contributed by atoms with van der Waals surface area (Å²) >= 11 is 0. The summed E-state index contributed by atoms with van der Waals surface area (Å²) < 4.78 is 89.5. The van der Waals surface area contributed by atoms with Gasteiger partial charge in [-0.3, -0.25) is 4.79 Å². The van der Waals surface area contributed by atoms with E-state index < -0.39 is 42.7 Å². The van der Waals surface area contributed by atoms with Crippen molar-refractivity contribution in [3.05, 3.63) is 0 Å². The Bertz CT molecular complexity index is 383. The summed E-state index contributed by atoms with van der Waals surface area (Å²) in [5.74, 6) is -13.1. The molecular formula is C8H9F7N2O3. The van der Waals surface area contributed by atoms with Gasteiger partial charge >= 0.3 is 24.1 Å². The fraction of sp³-hybridized carbons (Fsp3) is 0.750. The van der Waals surface area contributed by atoms with E-state index in [4.69, 9.17) is 0 Å². The Morgan fingerprint density at radius 3 is 1.95 bits per heavy atom. The Kier molecular flexibility index (Phi) is 5.21. The maximum Gasteiger partial charge on any atom is 0.459 e. The molecule has 0 aliphatic heterocycles. The molecule has 0 aliphatic carbocycles. The fourth-order valence-corrected chi connectivity index (χ4v) is 0.762. The molecule has 0 spiro atoms. The van der Waals surface area contributed by atoms with Crippen LogP contribution in [0.1, 0.15) is 6.92 Å². The first kappa shape index (κ1) is 18.2. The van der Waals surface area contributed by atoms with Gasteiger partial charge in [-0.05, 0) is 6.92 Å². The molecule has 0 radical (unpaired) electrons. The van der Waals surface area contributed by atoms with E-state index in [0.717, 1.165) is 12.2 Å². The van der Waals surface area contributed by atoms with Crippen molar-refractivity contribution in [1.29, 1.82) is 0 Å². The summed E-state index contributed by atoms with van der Waals surface area (Å²) in [5.41, 5.74) is 4.63. The highest BCUT2D eigenvalue weighted by molar-refractivity contribution is 5.81. The van der Waals surface area contributed by atoms with Crippen molar-refractivity contribution in [2.75, 3.05) is 6.54 Å². The smallest absolute Gasteiger partial charge is 0.436 e. The Morgan fingerprint density at radius 1 is 1.15 bits per heavy atom. The predicted molar refractivity (Wildman–Crippen MR) is 49.1 cm³/mol. The van der Waals surface area contributed by atoms with Gasteiger partial charge in [-0.2, -0.15) is 30.7 Å². The van der Waals surface area contributed by atoms with Crippen molar-refractivity contribution >= 4 is 12.0 Å². The molecule has 0 fully saturated rings. The van der Waals surface area contributed by atoms with Crippen LogP contribution in [0.5, 0.6) is 0 Å². The highest BCUT2D eigenvalue weighted by atomic mass is 19.4. The van der Waals surface area contributed by atoms with E-state index >= 15 is 0 Å². The van der Waals surface area contributed by atoms with Gasteiger partial charge in [0.05, 0.1) is 6.54 Å². The minimum Gasteiger partial charge on any atom is -0.436 e. The van der Waals surface area contributed by atoms with Crippen molar-refractivity contribution in [2.45, 2.75) is 31.0 Å². The van der Waals surface area contributed by atoms with Crippen LogP contribution in [0.4, 0.5) is 35.5 Å². The monoisotopic (exact) mass is 314 g/mol. The van der Waals surface area contributed by atoms with Crippen molar-refractivity contribution in [3.8, 4) is 0 Å². The third-order valence-corrected chi connectivity index (χ3v) is 1.95. The van der Waals surface area contributed by atoms with E-state index in [1.807, 2.05) is 0 Å². The van der Waals surface area contributed by atoms with Crippen molar-refractivity contribution in [3.63, 3.8) is 0 Å². The first-order valence-electron chi connectivity index (χ1n) is 4.78. The minimum absolute atomic E-state index is 0.935. The summed E-state index contributed by atoms with van der Waals surface area (Å²) in [5, 5.41) is 0.988. The predicted octanol–water partition coefficient (Wildman–Crippen LogP) is 1.42. The van der Waals surface area contributed by atoms with Crippen molar-refractivity contribution < 1.29 is 45.1 Å². The van der Waals surface area contributed by atoms with E-state index in [1.54, 1.807) is 0 Å². The minimum atomic E-state index is -6.50. The van der Waals surface area contributed by atoms with Crippen LogP contribution in [0, 0.1) is 0 Å². The van der Waals surface area contributed by atoms with Crippen LogP contribution in [-0.4, -0.2) is 42.7 Å². The van der Waals surface area contributed by atoms with Gasteiger partial charge in [-0.1, -0.05) is 0 Å². The summed E-state index contributed by atoms with van der Waals surface area (Å²) in [7, 11) is 0. The van der Waals surface area contributed by atoms with Gasteiger partial charge in [-0.15, -0.1) is 0 Å². The molecule has 2 amide bonds. The zero-order chi connectivity index (χ0) is 16.4. The molecule has 1 atom stereocenters. The molecule has 0 bridgehead atoms. The number of alkyl carbamates (subject to hydrolysis) is 1. The van der Waals surface area contributed by atoms with Crippen LogP contribution in [-0.2, 0) is 9.53 Å². The highest BCUT2D eigenvalue weighted by Gasteiger charge is 2.72. The van der Waals surface area contributed by atoms with Gasteiger partial charge in [0.15, 0.2) is 6.10 Å². The Labute approximate surface area is 107 Å². The summed E-state index contributed by atoms with van der Waals surface area (Å²) in [4.78, 5) is 21.2. The van der Waals surface area contributed by atoms with Crippen LogP contribution >= 0.6 is 0 Å². The zero-order valence-corrected chi connectivity index (χ0v) is 9.73. The number of amides is 2. The highest BCUT2D eigenvalue weighted by Crippen LogP contribution is 2.46. The summed E-state index contributed by atoms with van der Waals surface area (Å²) in [6, 6.07) is 0. The molecule has 118 valence electrons. The zero-order valence-electron chi connectivity index (χ0n) is 9.73. The molecule has 3 N–H and O–H groups in total. The van der Waals surface area contributed by atoms with E-state index in [2.05, 4.69) is 10.5 Å². The first-order valence-corrected chi connectivity index (χ1v) is 4.78. The lowest BCUT2D eigenvalue weighted by Gasteiger charge is -2.28. The van der Waals surface area contributed by atoms with E-state index in [0.29, 0.717) is 0 Å². The number of hydrogen-bond acceptors (Lipinski definition) is 3. The Hall–Kier alpha value is -1.75. The lowest BCUT2D eigenvalue weighted by molar-refractivity contribution is -0.352. The molecule has 0 aliphatic rings. The van der Waals surface area contributed by atoms with Crippen LogP contribution in [0.2, 0.25) is 0 Å². The third kappa shape index (κ3) is 4.13. The molecule has 5 nitrogen and oxygen atoms in total. The molecule has 0 saturated heterocycles. The number of alkyl halides is 7. The number of hydrogen-bond donors (Lipinski definition) is 2. The third-order valence-electron chi connectivity index (χ3n) is 1.95. The lowest BCUT2D eigenvalue weighted by atomic mass is 10.1. The molecule has 12 heteroatoms. The van der Waals surface area contributed by atoms with E-state index in [1.165, 1.54) is 0 Å². The molecule has 0 saturated carbocycles. The second kappa shape index (κ2) is 5.71. The largest absolute Gasteiger partial charge is 0.459 e. The average Bonchev–Trinajstić information content (AvgIpc) is 2.24. The molecule has 0 aromatic rings. The molecular weight excluding hydrogens is 305 g/mol. The normalized spacial score (nSPS) is 14.6. The van der Waals surface area contributed by atoms with E-state index in [9.17, 15) is 40.3 Å². The second-order valence-corrected chi connectivity index (χ2v) is 3.58. The molecule has 0 unspecified atom stereocenters. The number of nitrogens with two attached hydrogens (primary N) is 1. The van der Waals surface area contributed by atoms with Gasteiger partial charge in [0.1, 0.15) is 0 Å². The number of rotatable bonds is 5. The SMILES string of the molecule is C[C@H](OC(=O)NCC(F)(F)C(F)(F)C(F)(F)F)C(N)=O. The lowest BCUT2D eigenvalue weighted by Crippen LogP contribution is -2.57. The van der Waals surface area contributed by atoms with Crippen molar-refractivity contribution in [1.82, 2.24) is 5.32 Å². The van der Waals surface area contributed by atoms with E-state index in [-0.39, 0.29) is 0 Å². The number of halogens is 7. The number of primary amides is 1. The number of ether oxygens (including phenoxy) is 1. The number of carbonyl (C=O) groups is 2. The number of carbonyl (C=O) groups excluding carboxylic acids is 2. The topological polar surface area (TPSA) is 81.4 Å². The molecule has 0 aromatic carbocycles. The van der Waals surface area contributed by atoms with Crippen LogP contribution < -0.4 is 11.1 Å². The van der Waals surface area contributed by atoms with Gasteiger partial charge in [0, 0.05) is 0 Å². The Morgan fingerprint density at radius 2 is 1.60 bits per heavy atom. The average molecular weight is 314 g/mol. The molecule has 20 heavy (non-hydrogen) atoms. The van der Waals surface area contributed by atoms with Crippen LogP contribution in [0.3, 0.4) is 0 Å². The summed E-state index contributed by atoms with van der Waals surface area (Å²) in [6.45, 7) is -1.41. The van der Waals surface area contributed by atoms with Gasteiger partial charge in [0.2, 0.25) is 0 Å². The van der Waals surface area contributed by atoms with Gasteiger partial charge in [-0.25, -0.2) is 4.79 Å². The molecule has 0 heterocycles. The second-order valence-electron chi connectivity index (χ2n) is 3.58. The fourth-order valence-electron chi connectivity index (χ4n) is 0.762. The summed E-state index contributed by atoms with van der Waals surface area (Å²) in [6.07, 6.45) is -9.87. The maximum atomic E-state index is 12.7. The quantitative estimate of drug-likeness (QED) is 0.753. The Balaban J connectivity index is 4.65.